The van der Waals surface area contributed by atoms with Gasteiger partial charge in [-0.15, -0.1) is 0 Å². The molecule has 0 bridgehead atoms. The minimum absolute atomic E-state index is 0.0322. The van der Waals surface area contributed by atoms with E-state index in [1.165, 1.54) is 32.1 Å². The van der Waals surface area contributed by atoms with Gasteiger partial charge in [-0.25, -0.2) is 4.57 Å². The smallest absolute Gasteiger partial charge is 0.462 e. The van der Waals surface area contributed by atoms with Crippen molar-refractivity contribution in [3.8, 4) is 0 Å². The van der Waals surface area contributed by atoms with Crippen LogP contribution in [0, 0.1) is 0 Å². The second kappa shape index (κ2) is 69.4. The average Bonchev–Trinajstić information content (AvgIpc) is 3.65. The van der Waals surface area contributed by atoms with E-state index in [4.69, 9.17) is 24.3 Å². The van der Waals surface area contributed by atoms with Crippen molar-refractivity contribution in [3.05, 3.63) is 219 Å². The average molecular weight is 1220 g/mol. The Morgan fingerprint density at radius 1 is 0.345 bits per heavy atom. The van der Waals surface area contributed by atoms with E-state index >= 15 is 0 Å². The Morgan fingerprint density at radius 3 is 0.920 bits per heavy atom. The molecule has 87 heavy (non-hydrogen) atoms. The fraction of sp³-hybridized carbons (Fsp3) is 0.506. The van der Waals surface area contributed by atoms with E-state index < -0.39 is 32.5 Å². The number of phosphoric ester groups is 1. The van der Waals surface area contributed by atoms with Crippen molar-refractivity contribution in [2.45, 2.75) is 225 Å². The number of hydrogen-bond acceptors (Lipinski definition) is 8. The van der Waals surface area contributed by atoms with Crippen molar-refractivity contribution in [2.24, 2.45) is 5.73 Å². The summed E-state index contributed by atoms with van der Waals surface area (Å²) in [7, 11) is -4.43. The minimum atomic E-state index is -4.43. The molecule has 0 aromatic rings. The highest BCUT2D eigenvalue weighted by Crippen LogP contribution is 2.43. The zero-order valence-electron chi connectivity index (χ0n) is 54.1. The summed E-state index contributed by atoms with van der Waals surface area (Å²) in [6.07, 6.45) is 109. The third-order valence-electron chi connectivity index (χ3n) is 12.9. The summed E-state index contributed by atoms with van der Waals surface area (Å²) in [6.45, 7) is 3.41. The summed E-state index contributed by atoms with van der Waals surface area (Å²) in [5.74, 6) is -0.923. The quantitative estimate of drug-likeness (QED) is 0.0264. The number of hydrogen-bond donors (Lipinski definition) is 2. The highest BCUT2D eigenvalue weighted by molar-refractivity contribution is 7.47. The topological polar surface area (TPSA) is 134 Å². The highest BCUT2D eigenvalue weighted by atomic mass is 31.2. The molecule has 0 rings (SSSR count). The number of nitrogens with two attached hydrogens (primary N) is 1. The molecular weight excluding hydrogens is 1100 g/mol. The standard InChI is InChI=1S/C77H118NO8P/c1-3-5-7-9-11-13-15-17-19-21-23-25-27-29-31-33-34-35-36-37-38-39-40-42-44-46-48-50-52-54-56-58-60-62-64-66-68-70-77(80)86-75(74-85-87(81,82)84-72-71-78)73-83-76(79)69-67-65-63-61-59-57-55-53-51-49-47-45-43-41-32-30-28-26-24-22-20-18-16-14-12-10-8-6-4-2/h5-8,11-14,17-20,23-26,29-32,34-35,37-38,40,42-43,45-46,48-49,51,55,57,61,63,75H,3-4,9-10,15-16,21-22,27-28,33,36,39,41,44,47,50,52-54,56,58-60,62,64-74,78H2,1-2H3,(H,81,82)/b7-5-,8-6-,13-11-,14-12-,19-17-,20-18-,25-23-,26-24-,31-29-,32-30-,35-34-,38-37-,42-40-,45-43-,48-46-,51-49-,57-55-,63-61-. The third kappa shape index (κ3) is 69.3. The number of esters is 2. The fourth-order valence-corrected chi connectivity index (χ4v) is 8.81. The van der Waals surface area contributed by atoms with E-state index in [9.17, 15) is 19.0 Å². The minimum Gasteiger partial charge on any atom is -0.462 e. The van der Waals surface area contributed by atoms with Crippen molar-refractivity contribution >= 4 is 19.8 Å². The van der Waals surface area contributed by atoms with Crippen LogP contribution in [0.15, 0.2) is 219 Å². The Balaban J connectivity index is 4.11. The van der Waals surface area contributed by atoms with Gasteiger partial charge in [-0.05, 0) is 148 Å². The Hall–Kier alpha value is -5.67. The number of rotatable bonds is 59. The molecule has 0 aromatic carbocycles. The maximum Gasteiger partial charge on any atom is 0.472 e. The number of carbonyl (C=O) groups is 2. The van der Waals surface area contributed by atoms with Gasteiger partial charge in [0, 0.05) is 19.4 Å². The van der Waals surface area contributed by atoms with Gasteiger partial charge in [0.1, 0.15) is 6.61 Å². The monoisotopic (exact) mass is 1220 g/mol. The molecule has 9 nitrogen and oxygen atoms in total. The van der Waals surface area contributed by atoms with Gasteiger partial charge in [0.15, 0.2) is 6.10 Å². The largest absolute Gasteiger partial charge is 0.472 e. The number of allylic oxidation sites excluding steroid dienone is 36. The number of unbranched alkanes of at least 4 members (excludes halogenated alkanes) is 10. The van der Waals surface area contributed by atoms with Crippen LogP contribution in [0.4, 0.5) is 0 Å². The number of phosphoric acid groups is 1. The molecule has 0 aliphatic heterocycles. The molecule has 0 aliphatic carbocycles. The summed E-state index contributed by atoms with van der Waals surface area (Å²) >= 11 is 0. The summed E-state index contributed by atoms with van der Waals surface area (Å²) in [6, 6.07) is 0. The van der Waals surface area contributed by atoms with E-state index in [0.717, 1.165) is 141 Å². The van der Waals surface area contributed by atoms with Crippen LogP contribution in [-0.4, -0.2) is 49.3 Å². The van der Waals surface area contributed by atoms with E-state index in [1.54, 1.807) is 0 Å². The van der Waals surface area contributed by atoms with Gasteiger partial charge < -0.3 is 20.1 Å². The molecular formula is C77H118NO8P. The maximum atomic E-state index is 12.8. The van der Waals surface area contributed by atoms with Crippen LogP contribution < -0.4 is 5.73 Å². The zero-order valence-corrected chi connectivity index (χ0v) is 55.0. The molecule has 0 saturated carbocycles. The molecule has 0 heterocycles. The van der Waals surface area contributed by atoms with Crippen LogP contribution in [0.25, 0.3) is 0 Å². The first-order valence-corrected chi connectivity index (χ1v) is 34.7. The predicted octanol–water partition coefficient (Wildman–Crippen LogP) is 22.1. The van der Waals surface area contributed by atoms with Gasteiger partial charge in [-0.3, -0.25) is 18.6 Å². The van der Waals surface area contributed by atoms with Gasteiger partial charge in [0.2, 0.25) is 0 Å². The van der Waals surface area contributed by atoms with Gasteiger partial charge in [0.25, 0.3) is 0 Å². The van der Waals surface area contributed by atoms with Gasteiger partial charge in [0.05, 0.1) is 13.2 Å². The van der Waals surface area contributed by atoms with E-state index in [1.807, 2.05) is 6.08 Å². The second-order valence-corrected chi connectivity index (χ2v) is 22.3. The van der Waals surface area contributed by atoms with Crippen LogP contribution in [0.3, 0.4) is 0 Å². The molecule has 0 spiro atoms. The van der Waals surface area contributed by atoms with Gasteiger partial charge in [-0.1, -0.05) is 278 Å². The second-order valence-electron chi connectivity index (χ2n) is 20.9. The zero-order chi connectivity index (χ0) is 63.0. The molecule has 0 saturated heterocycles. The summed E-state index contributed by atoms with van der Waals surface area (Å²) in [4.78, 5) is 35.3. The van der Waals surface area contributed by atoms with Crippen LogP contribution in [0.2, 0.25) is 0 Å². The lowest BCUT2D eigenvalue weighted by Gasteiger charge is -2.19. The van der Waals surface area contributed by atoms with Crippen molar-refractivity contribution < 1.29 is 37.6 Å². The lowest BCUT2D eigenvalue weighted by atomic mass is 10.1. The van der Waals surface area contributed by atoms with E-state index in [-0.39, 0.29) is 32.6 Å². The third-order valence-corrected chi connectivity index (χ3v) is 13.8. The van der Waals surface area contributed by atoms with E-state index in [0.29, 0.717) is 19.3 Å². The molecule has 0 aliphatic rings. The first-order valence-electron chi connectivity index (χ1n) is 33.2. The fourth-order valence-electron chi connectivity index (χ4n) is 8.04. The van der Waals surface area contributed by atoms with Crippen LogP contribution in [0.1, 0.15) is 219 Å². The maximum absolute atomic E-state index is 12.8. The van der Waals surface area contributed by atoms with Gasteiger partial charge >= 0.3 is 19.8 Å². The van der Waals surface area contributed by atoms with Crippen LogP contribution in [0.5, 0.6) is 0 Å². The number of ether oxygens (including phenoxy) is 2. The molecule has 2 atom stereocenters. The van der Waals surface area contributed by atoms with Crippen molar-refractivity contribution in [2.75, 3.05) is 26.4 Å². The van der Waals surface area contributed by atoms with Crippen molar-refractivity contribution in [1.82, 2.24) is 0 Å². The normalized spacial score (nSPS) is 14.4. The summed E-state index contributed by atoms with van der Waals surface area (Å²) < 4.78 is 33.0. The Morgan fingerprint density at radius 2 is 0.609 bits per heavy atom. The first kappa shape index (κ1) is 81.3. The van der Waals surface area contributed by atoms with Crippen molar-refractivity contribution in [3.63, 3.8) is 0 Å². The summed E-state index contributed by atoms with van der Waals surface area (Å²) in [5.41, 5.74) is 5.39. The SMILES string of the molecule is CC/C=C\C/C=C\C/C=C\C/C=C\C/C=C\C/C=C\C/C=C\C/C=C\C/C=C\CCCCCCCCCCCC(=O)OC(COC(=O)CCC/C=C\C/C=C\C/C=C\C/C=C\C/C=C\C/C=C\C/C=C\C/C=C\C/C=C\CC)COP(=O)(O)OCCN. The molecule has 0 radical (unpaired) electrons. The van der Waals surface area contributed by atoms with Crippen LogP contribution in [-0.2, 0) is 32.7 Å². The predicted molar refractivity (Wildman–Crippen MR) is 375 cm³/mol. The molecule has 484 valence electrons. The Bertz CT molecular complexity index is 2220. The Labute approximate surface area is 531 Å². The first-order chi connectivity index (χ1) is 42.8. The van der Waals surface area contributed by atoms with Crippen LogP contribution >= 0.6 is 7.82 Å². The molecule has 10 heteroatoms. The van der Waals surface area contributed by atoms with Gasteiger partial charge in [-0.2, -0.15) is 0 Å². The Kier molecular flexibility index (Phi) is 64.9. The molecule has 0 aromatic heterocycles. The number of carbonyl (C=O) groups excluding carboxylic acids is 2. The molecule has 0 amide bonds. The van der Waals surface area contributed by atoms with Crippen molar-refractivity contribution in [1.29, 1.82) is 0 Å². The lowest BCUT2D eigenvalue weighted by Crippen LogP contribution is -2.29. The molecule has 3 N–H and O–H groups in total. The van der Waals surface area contributed by atoms with E-state index in [2.05, 4.69) is 227 Å². The lowest BCUT2D eigenvalue weighted by molar-refractivity contribution is -0.161. The highest BCUT2D eigenvalue weighted by Gasteiger charge is 2.26. The summed E-state index contributed by atoms with van der Waals surface area (Å²) in [5, 5.41) is 0. The molecule has 0 fully saturated rings. The molecule has 2 unspecified atom stereocenters.